The summed E-state index contributed by atoms with van der Waals surface area (Å²) in [6.07, 6.45) is 1.20. The first-order valence-corrected chi connectivity index (χ1v) is 6.05. The summed E-state index contributed by atoms with van der Waals surface area (Å²) in [5.41, 5.74) is 0. The second kappa shape index (κ2) is 5.25. The summed E-state index contributed by atoms with van der Waals surface area (Å²) < 4.78 is 9.83. The molecule has 0 aromatic heterocycles. The van der Waals surface area contributed by atoms with Crippen LogP contribution in [0, 0.1) is 5.92 Å². The fourth-order valence-electron chi connectivity index (χ4n) is 2.35. The topological polar surface area (TPSA) is 67.9 Å². The van der Waals surface area contributed by atoms with Crippen LogP contribution in [0.3, 0.4) is 0 Å². The summed E-state index contributed by atoms with van der Waals surface area (Å²) >= 11 is 0. The standard InChI is InChI=1S/C11H18N2O4/c1-2-16-11(15)13-5-3-8(4-6-13)9-7-17-10(14)12-9/h8-9H,2-7H2,1H3,(H,12,14). The predicted molar refractivity (Wildman–Crippen MR) is 59.6 cm³/mol. The maximum Gasteiger partial charge on any atom is 0.409 e. The van der Waals surface area contributed by atoms with Crippen LogP contribution in [0.15, 0.2) is 0 Å². The minimum Gasteiger partial charge on any atom is -0.450 e. The number of alkyl carbamates (subject to hydrolysis) is 1. The highest BCUT2D eigenvalue weighted by molar-refractivity contribution is 5.69. The van der Waals surface area contributed by atoms with Crippen LogP contribution < -0.4 is 5.32 Å². The molecule has 6 heteroatoms. The summed E-state index contributed by atoms with van der Waals surface area (Å²) in [7, 11) is 0. The van der Waals surface area contributed by atoms with Crippen molar-refractivity contribution >= 4 is 12.2 Å². The molecule has 0 aromatic rings. The monoisotopic (exact) mass is 242 g/mol. The number of nitrogens with one attached hydrogen (secondary N) is 1. The van der Waals surface area contributed by atoms with E-state index in [4.69, 9.17) is 9.47 Å². The molecule has 2 saturated heterocycles. The molecular formula is C11H18N2O4. The molecule has 0 aliphatic carbocycles. The van der Waals surface area contributed by atoms with Gasteiger partial charge in [0.25, 0.3) is 0 Å². The van der Waals surface area contributed by atoms with Gasteiger partial charge >= 0.3 is 12.2 Å². The van der Waals surface area contributed by atoms with Gasteiger partial charge in [0.05, 0.1) is 12.6 Å². The van der Waals surface area contributed by atoms with Crippen molar-refractivity contribution in [3.05, 3.63) is 0 Å². The number of cyclic esters (lactones) is 1. The molecule has 2 aliphatic heterocycles. The summed E-state index contributed by atoms with van der Waals surface area (Å²) in [6, 6.07) is 0.104. The van der Waals surface area contributed by atoms with Crippen LogP contribution in [0.2, 0.25) is 0 Å². The number of ether oxygens (including phenoxy) is 2. The van der Waals surface area contributed by atoms with E-state index in [-0.39, 0.29) is 18.2 Å². The number of hydrogen-bond acceptors (Lipinski definition) is 4. The van der Waals surface area contributed by atoms with Crippen molar-refractivity contribution in [2.24, 2.45) is 5.92 Å². The van der Waals surface area contributed by atoms with Gasteiger partial charge in [0, 0.05) is 13.1 Å². The van der Waals surface area contributed by atoms with Crippen molar-refractivity contribution < 1.29 is 19.1 Å². The number of amides is 2. The fourth-order valence-corrected chi connectivity index (χ4v) is 2.35. The van der Waals surface area contributed by atoms with E-state index in [9.17, 15) is 9.59 Å². The molecule has 1 N–H and O–H groups in total. The van der Waals surface area contributed by atoms with Crippen LogP contribution in [-0.2, 0) is 9.47 Å². The normalized spacial score (nSPS) is 25.4. The average molecular weight is 242 g/mol. The van der Waals surface area contributed by atoms with Crippen LogP contribution >= 0.6 is 0 Å². The van der Waals surface area contributed by atoms with Crippen molar-refractivity contribution in [3.8, 4) is 0 Å². The smallest absolute Gasteiger partial charge is 0.409 e. The van der Waals surface area contributed by atoms with E-state index in [2.05, 4.69) is 5.32 Å². The van der Waals surface area contributed by atoms with Gasteiger partial charge in [-0.25, -0.2) is 9.59 Å². The third-order valence-corrected chi connectivity index (χ3v) is 3.33. The quantitative estimate of drug-likeness (QED) is 0.783. The molecular weight excluding hydrogens is 224 g/mol. The molecule has 2 aliphatic rings. The second-order valence-electron chi connectivity index (χ2n) is 4.37. The Morgan fingerprint density at radius 1 is 1.53 bits per heavy atom. The van der Waals surface area contributed by atoms with Gasteiger partial charge < -0.3 is 19.7 Å². The Morgan fingerprint density at radius 3 is 2.76 bits per heavy atom. The summed E-state index contributed by atoms with van der Waals surface area (Å²) in [4.78, 5) is 24.1. The maximum atomic E-state index is 11.5. The van der Waals surface area contributed by atoms with E-state index < -0.39 is 0 Å². The summed E-state index contributed by atoms with van der Waals surface area (Å²) in [5, 5.41) is 2.80. The number of carbonyl (C=O) groups excluding carboxylic acids is 2. The van der Waals surface area contributed by atoms with Gasteiger partial charge in [-0.05, 0) is 25.7 Å². The molecule has 17 heavy (non-hydrogen) atoms. The van der Waals surface area contributed by atoms with Crippen molar-refractivity contribution in [3.63, 3.8) is 0 Å². The third kappa shape index (κ3) is 2.81. The van der Waals surface area contributed by atoms with Crippen molar-refractivity contribution in [1.29, 1.82) is 0 Å². The Hall–Kier alpha value is -1.46. The lowest BCUT2D eigenvalue weighted by molar-refractivity contribution is 0.0871. The van der Waals surface area contributed by atoms with Crippen LogP contribution in [0.4, 0.5) is 9.59 Å². The van der Waals surface area contributed by atoms with Crippen LogP contribution in [0.25, 0.3) is 0 Å². The average Bonchev–Trinajstić information content (AvgIpc) is 2.76. The van der Waals surface area contributed by atoms with Crippen molar-refractivity contribution in [2.75, 3.05) is 26.3 Å². The number of nitrogens with zero attached hydrogens (tertiary/aromatic N) is 1. The Balaban J connectivity index is 1.78. The van der Waals surface area contributed by atoms with Crippen LogP contribution in [0.5, 0.6) is 0 Å². The first-order valence-electron chi connectivity index (χ1n) is 6.05. The van der Waals surface area contributed by atoms with Gasteiger partial charge in [-0.2, -0.15) is 0 Å². The number of hydrogen-bond donors (Lipinski definition) is 1. The molecule has 0 saturated carbocycles. The van der Waals surface area contributed by atoms with E-state index in [1.807, 2.05) is 0 Å². The second-order valence-corrected chi connectivity index (χ2v) is 4.37. The van der Waals surface area contributed by atoms with E-state index in [0.29, 0.717) is 32.2 Å². The molecule has 2 heterocycles. The number of piperidine rings is 1. The molecule has 1 unspecified atom stereocenters. The van der Waals surface area contributed by atoms with Crippen molar-refractivity contribution in [1.82, 2.24) is 10.2 Å². The Morgan fingerprint density at radius 2 is 2.24 bits per heavy atom. The first kappa shape index (κ1) is 12.0. The molecule has 2 amide bonds. The fraction of sp³-hybridized carbons (Fsp3) is 0.818. The first-order chi connectivity index (χ1) is 8.20. The third-order valence-electron chi connectivity index (χ3n) is 3.33. The summed E-state index contributed by atoms with van der Waals surface area (Å²) in [5.74, 6) is 0.395. The molecule has 0 spiro atoms. The molecule has 6 nitrogen and oxygen atoms in total. The van der Waals surface area contributed by atoms with Crippen LogP contribution in [-0.4, -0.2) is 49.4 Å². The van der Waals surface area contributed by atoms with Gasteiger partial charge in [0.2, 0.25) is 0 Å². The van der Waals surface area contributed by atoms with Gasteiger partial charge in [0.1, 0.15) is 6.61 Å². The highest BCUT2D eigenvalue weighted by atomic mass is 16.6. The van der Waals surface area contributed by atoms with E-state index in [0.717, 1.165) is 12.8 Å². The SMILES string of the molecule is CCOC(=O)N1CCC(C2COC(=O)N2)CC1. The molecule has 96 valence electrons. The number of likely N-dealkylation sites (tertiary alicyclic amines) is 1. The number of carbonyl (C=O) groups is 2. The highest BCUT2D eigenvalue weighted by Gasteiger charge is 2.33. The van der Waals surface area contributed by atoms with Gasteiger partial charge in [-0.1, -0.05) is 0 Å². The van der Waals surface area contributed by atoms with E-state index in [1.54, 1.807) is 11.8 Å². The summed E-state index contributed by atoms with van der Waals surface area (Å²) in [6.45, 7) is 4.04. The zero-order valence-corrected chi connectivity index (χ0v) is 9.98. The molecule has 0 radical (unpaired) electrons. The number of rotatable bonds is 2. The minimum absolute atomic E-state index is 0.104. The van der Waals surface area contributed by atoms with E-state index in [1.165, 1.54) is 0 Å². The zero-order valence-electron chi connectivity index (χ0n) is 9.98. The van der Waals surface area contributed by atoms with E-state index >= 15 is 0 Å². The lowest BCUT2D eigenvalue weighted by atomic mass is 9.90. The van der Waals surface area contributed by atoms with Crippen molar-refractivity contribution in [2.45, 2.75) is 25.8 Å². The predicted octanol–water partition coefficient (Wildman–Crippen LogP) is 0.963. The lowest BCUT2D eigenvalue weighted by Gasteiger charge is -2.33. The van der Waals surface area contributed by atoms with Gasteiger partial charge in [0.15, 0.2) is 0 Å². The van der Waals surface area contributed by atoms with Crippen LogP contribution in [0.1, 0.15) is 19.8 Å². The lowest BCUT2D eigenvalue weighted by Crippen LogP contribution is -2.44. The Bertz CT molecular complexity index is 300. The largest absolute Gasteiger partial charge is 0.450 e. The molecule has 2 rings (SSSR count). The molecule has 2 fully saturated rings. The Labute approximate surface area is 100 Å². The minimum atomic E-state index is -0.331. The van der Waals surface area contributed by atoms with Gasteiger partial charge in [-0.15, -0.1) is 0 Å². The molecule has 0 aromatic carbocycles. The molecule has 1 atom stereocenters. The maximum absolute atomic E-state index is 11.5. The Kier molecular flexibility index (Phi) is 3.71. The van der Waals surface area contributed by atoms with Gasteiger partial charge in [-0.3, -0.25) is 0 Å². The zero-order chi connectivity index (χ0) is 12.3. The highest BCUT2D eigenvalue weighted by Crippen LogP contribution is 2.23. The molecule has 0 bridgehead atoms.